The van der Waals surface area contributed by atoms with E-state index in [4.69, 9.17) is 5.26 Å². The quantitative estimate of drug-likeness (QED) is 0.761. The number of fused-ring (bicyclic) bond motifs is 1. The highest BCUT2D eigenvalue weighted by Gasteiger charge is 2.12. The number of aryl methyl sites for hydroxylation is 1. The summed E-state index contributed by atoms with van der Waals surface area (Å²) in [6, 6.07) is 7.11. The molecule has 0 aliphatic rings. The predicted octanol–water partition coefficient (Wildman–Crippen LogP) is 2.69. The molecular weight excluding hydrogens is 219 g/mol. The molecule has 1 heterocycles. The maximum atomic E-state index is 12.4. The largest absolute Gasteiger partial charge is 0.344 e. The number of halogens is 1. The van der Waals surface area contributed by atoms with E-state index in [1.54, 1.807) is 29.0 Å². The van der Waals surface area contributed by atoms with Gasteiger partial charge in [-0.1, -0.05) is 0 Å². The molecule has 1 aromatic carbocycles. The lowest BCUT2D eigenvalue weighted by Crippen LogP contribution is -1.97. The van der Waals surface area contributed by atoms with E-state index < -0.39 is 6.67 Å². The van der Waals surface area contributed by atoms with E-state index in [9.17, 15) is 9.18 Å². The van der Waals surface area contributed by atoms with Crippen LogP contribution in [0.3, 0.4) is 0 Å². The van der Waals surface area contributed by atoms with Gasteiger partial charge in [0.25, 0.3) is 0 Å². The van der Waals surface area contributed by atoms with Crippen molar-refractivity contribution in [3.63, 3.8) is 0 Å². The Labute approximate surface area is 98.1 Å². The maximum absolute atomic E-state index is 12.4. The molecule has 0 unspecified atom stereocenters. The Bertz CT molecular complexity index is 622. The van der Waals surface area contributed by atoms with Crippen LogP contribution in [0.1, 0.15) is 22.8 Å². The van der Waals surface area contributed by atoms with Crippen molar-refractivity contribution in [3.05, 3.63) is 35.5 Å². The Morgan fingerprint density at radius 3 is 2.88 bits per heavy atom. The number of hydrogen-bond acceptors (Lipinski definition) is 2. The van der Waals surface area contributed by atoms with Crippen molar-refractivity contribution < 1.29 is 9.18 Å². The van der Waals surface area contributed by atoms with Crippen LogP contribution in [-0.4, -0.2) is 17.0 Å². The molecule has 0 spiro atoms. The maximum Gasteiger partial charge on any atom is 0.161 e. The van der Waals surface area contributed by atoms with Crippen molar-refractivity contribution in [2.75, 3.05) is 6.67 Å². The second-order valence-corrected chi connectivity index (χ2v) is 3.83. The number of hydrogen-bond donors (Lipinski definition) is 0. The number of carbonyl (C=O) groups is 1. The van der Waals surface area contributed by atoms with E-state index in [0.29, 0.717) is 16.5 Å². The van der Waals surface area contributed by atoms with Crippen molar-refractivity contribution >= 4 is 16.7 Å². The van der Waals surface area contributed by atoms with Crippen LogP contribution < -0.4 is 0 Å². The number of Topliss-reactive ketones (excluding diaryl/α,β-unsaturated/α-hetero) is 1. The Balaban J connectivity index is 2.73. The van der Waals surface area contributed by atoms with Gasteiger partial charge < -0.3 is 4.57 Å². The molecule has 0 atom stereocenters. The lowest BCUT2D eigenvalue weighted by molar-refractivity contribution is 0.101. The van der Waals surface area contributed by atoms with Crippen LogP contribution >= 0.6 is 0 Å². The summed E-state index contributed by atoms with van der Waals surface area (Å²) in [4.78, 5) is 11.5. The number of rotatable bonds is 3. The molecule has 0 radical (unpaired) electrons. The standard InChI is InChI=1S/C13H11FN2O/c1-9(17)12-8-16(5-4-14)13-3-2-10(7-15)6-11(12)13/h2-3,6,8H,4-5H2,1H3. The molecule has 0 aliphatic carbocycles. The van der Waals surface area contributed by atoms with Gasteiger partial charge in [0, 0.05) is 22.7 Å². The van der Waals surface area contributed by atoms with Crippen molar-refractivity contribution in [1.29, 1.82) is 5.26 Å². The van der Waals surface area contributed by atoms with Crippen molar-refractivity contribution in [3.8, 4) is 6.07 Å². The second-order valence-electron chi connectivity index (χ2n) is 3.83. The molecule has 0 saturated heterocycles. The minimum Gasteiger partial charge on any atom is -0.344 e. The van der Waals surface area contributed by atoms with Crippen LogP contribution in [0.2, 0.25) is 0 Å². The number of nitriles is 1. The zero-order valence-corrected chi connectivity index (χ0v) is 9.40. The number of ketones is 1. The van der Waals surface area contributed by atoms with E-state index in [-0.39, 0.29) is 12.3 Å². The van der Waals surface area contributed by atoms with Gasteiger partial charge in [0.15, 0.2) is 5.78 Å². The van der Waals surface area contributed by atoms with E-state index in [2.05, 4.69) is 0 Å². The minimum absolute atomic E-state index is 0.0808. The summed E-state index contributed by atoms with van der Waals surface area (Å²) in [5.74, 6) is -0.0808. The van der Waals surface area contributed by atoms with Crippen LogP contribution in [-0.2, 0) is 6.54 Å². The molecule has 4 heteroatoms. The SMILES string of the molecule is CC(=O)c1cn(CCF)c2ccc(C#N)cc12. The zero-order valence-electron chi connectivity index (χ0n) is 9.40. The third-order valence-electron chi connectivity index (χ3n) is 2.71. The number of carbonyl (C=O) groups excluding carboxylic acids is 1. The van der Waals surface area contributed by atoms with Crippen LogP contribution in [0.25, 0.3) is 10.9 Å². The number of aromatic nitrogens is 1. The lowest BCUT2D eigenvalue weighted by atomic mass is 10.1. The molecule has 2 rings (SSSR count). The average Bonchev–Trinajstić information content (AvgIpc) is 2.68. The summed E-state index contributed by atoms with van der Waals surface area (Å²) in [6.07, 6.45) is 1.65. The van der Waals surface area contributed by atoms with Gasteiger partial charge in [-0.2, -0.15) is 5.26 Å². The molecule has 86 valence electrons. The van der Waals surface area contributed by atoms with Crippen molar-refractivity contribution in [2.45, 2.75) is 13.5 Å². The zero-order chi connectivity index (χ0) is 12.4. The summed E-state index contributed by atoms with van der Waals surface area (Å²) in [5.41, 5.74) is 1.82. The first-order valence-corrected chi connectivity index (χ1v) is 5.27. The Hall–Kier alpha value is -2.15. The van der Waals surface area contributed by atoms with Crippen LogP contribution in [0, 0.1) is 11.3 Å². The summed E-state index contributed by atoms with van der Waals surface area (Å²) in [7, 11) is 0. The Kier molecular flexibility index (Phi) is 2.92. The molecule has 1 aromatic heterocycles. The first-order valence-electron chi connectivity index (χ1n) is 5.27. The highest BCUT2D eigenvalue weighted by atomic mass is 19.1. The van der Waals surface area contributed by atoms with Gasteiger partial charge in [-0.05, 0) is 25.1 Å². The monoisotopic (exact) mass is 230 g/mol. The average molecular weight is 230 g/mol. The van der Waals surface area contributed by atoms with E-state index in [0.717, 1.165) is 5.52 Å². The molecule has 0 saturated carbocycles. The highest BCUT2D eigenvalue weighted by Crippen LogP contribution is 2.23. The van der Waals surface area contributed by atoms with Crippen LogP contribution in [0.15, 0.2) is 24.4 Å². The molecule has 0 N–H and O–H groups in total. The van der Waals surface area contributed by atoms with Crippen molar-refractivity contribution in [1.82, 2.24) is 4.57 Å². The molecule has 0 bridgehead atoms. The Morgan fingerprint density at radius 1 is 1.53 bits per heavy atom. The normalized spacial score (nSPS) is 10.4. The van der Waals surface area contributed by atoms with Gasteiger partial charge >= 0.3 is 0 Å². The van der Waals surface area contributed by atoms with Gasteiger partial charge in [0.05, 0.1) is 18.2 Å². The van der Waals surface area contributed by atoms with Crippen LogP contribution in [0.4, 0.5) is 4.39 Å². The predicted molar refractivity (Wildman–Crippen MR) is 62.6 cm³/mol. The molecule has 2 aromatic rings. The van der Waals surface area contributed by atoms with E-state index in [1.807, 2.05) is 6.07 Å². The van der Waals surface area contributed by atoms with E-state index in [1.165, 1.54) is 6.92 Å². The third kappa shape index (κ3) is 1.92. The fourth-order valence-corrected chi connectivity index (χ4v) is 1.92. The summed E-state index contributed by atoms with van der Waals surface area (Å²) in [6.45, 7) is 1.20. The first-order chi connectivity index (χ1) is 8.17. The highest BCUT2D eigenvalue weighted by molar-refractivity contribution is 6.07. The summed E-state index contributed by atoms with van der Waals surface area (Å²) >= 11 is 0. The Morgan fingerprint density at radius 2 is 2.29 bits per heavy atom. The lowest BCUT2D eigenvalue weighted by Gasteiger charge is -2.00. The van der Waals surface area contributed by atoms with E-state index >= 15 is 0 Å². The summed E-state index contributed by atoms with van der Waals surface area (Å²) < 4.78 is 14.1. The topological polar surface area (TPSA) is 45.8 Å². The van der Waals surface area contributed by atoms with Gasteiger partial charge in [-0.25, -0.2) is 4.39 Å². The van der Waals surface area contributed by atoms with Crippen LogP contribution in [0.5, 0.6) is 0 Å². The molecule has 0 fully saturated rings. The second kappa shape index (κ2) is 4.38. The third-order valence-corrected chi connectivity index (χ3v) is 2.71. The fraction of sp³-hybridized carbons (Fsp3) is 0.231. The number of benzene rings is 1. The molecule has 3 nitrogen and oxygen atoms in total. The fourth-order valence-electron chi connectivity index (χ4n) is 1.92. The number of alkyl halides is 1. The van der Waals surface area contributed by atoms with Gasteiger partial charge in [-0.3, -0.25) is 4.79 Å². The smallest absolute Gasteiger partial charge is 0.161 e. The first kappa shape index (κ1) is 11.3. The molecule has 17 heavy (non-hydrogen) atoms. The number of nitrogens with zero attached hydrogens (tertiary/aromatic N) is 2. The van der Waals surface area contributed by atoms with Gasteiger partial charge in [0.2, 0.25) is 0 Å². The minimum atomic E-state index is -0.485. The van der Waals surface area contributed by atoms with Crippen molar-refractivity contribution in [2.24, 2.45) is 0 Å². The molecule has 0 amide bonds. The molecular formula is C13H11FN2O. The molecule has 0 aliphatic heterocycles. The summed E-state index contributed by atoms with van der Waals surface area (Å²) in [5, 5.41) is 9.55. The van der Waals surface area contributed by atoms with Gasteiger partial charge in [-0.15, -0.1) is 0 Å². The van der Waals surface area contributed by atoms with Gasteiger partial charge in [0.1, 0.15) is 6.67 Å².